The van der Waals surface area contributed by atoms with Gasteiger partial charge >= 0.3 is 0 Å². The third-order valence-corrected chi connectivity index (χ3v) is 5.05. The van der Waals surface area contributed by atoms with E-state index in [1.54, 1.807) is 7.11 Å². The molecule has 23 heavy (non-hydrogen) atoms. The average Bonchev–Trinajstić information content (AvgIpc) is 2.54. The third-order valence-electron chi connectivity index (χ3n) is 5.05. The number of hydrogen-bond donors (Lipinski definition) is 1. The summed E-state index contributed by atoms with van der Waals surface area (Å²) < 4.78 is 11.2. The summed E-state index contributed by atoms with van der Waals surface area (Å²) in [7, 11) is 1.72. The Hall–Kier alpha value is -1.42. The van der Waals surface area contributed by atoms with E-state index in [1.165, 1.54) is 31.4 Å². The van der Waals surface area contributed by atoms with E-state index in [0.717, 1.165) is 18.0 Å². The third kappa shape index (κ3) is 3.42. The van der Waals surface area contributed by atoms with Crippen LogP contribution in [0.4, 0.5) is 5.69 Å². The molecule has 4 nitrogen and oxygen atoms in total. The highest BCUT2D eigenvalue weighted by molar-refractivity contribution is 5.58. The van der Waals surface area contributed by atoms with Crippen LogP contribution in [-0.2, 0) is 0 Å². The zero-order valence-corrected chi connectivity index (χ0v) is 14.9. The predicted molar refractivity (Wildman–Crippen MR) is 94.8 cm³/mol. The van der Waals surface area contributed by atoms with E-state index in [-0.39, 0.29) is 5.54 Å². The van der Waals surface area contributed by atoms with E-state index in [9.17, 15) is 0 Å². The zero-order chi connectivity index (χ0) is 16.4. The van der Waals surface area contributed by atoms with Gasteiger partial charge in [0.25, 0.3) is 0 Å². The molecule has 1 aromatic rings. The molecule has 1 saturated carbocycles. The molecule has 1 heterocycles. The standard InChI is InChI=1S/C19H30N2O2/c1-5-23-17-11-10-14(12-18(17)22-4)21-13-19(2,3)20-15-8-6-7-9-16(15)21/h10-12,15-16,20H,5-9,13H2,1-4H3/t15-,16-/m0/s1. The molecular weight excluding hydrogens is 288 g/mol. The molecule has 0 aromatic heterocycles. The summed E-state index contributed by atoms with van der Waals surface area (Å²) in [5.41, 5.74) is 1.38. The molecular formula is C19H30N2O2. The van der Waals surface area contributed by atoms with Crippen molar-refractivity contribution in [2.24, 2.45) is 0 Å². The van der Waals surface area contributed by atoms with Gasteiger partial charge in [0.05, 0.1) is 13.7 Å². The number of benzene rings is 1. The van der Waals surface area contributed by atoms with Crippen LogP contribution in [0.5, 0.6) is 11.5 Å². The van der Waals surface area contributed by atoms with Gasteiger partial charge in [-0.1, -0.05) is 12.8 Å². The molecule has 0 spiro atoms. The maximum Gasteiger partial charge on any atom is 0.162 e. The van der Waals surface area contributed by atoms with Crippen molar-refractivity contribution >= 4 is 5.69 Å². The van der Waals surface area contributed by atoms with Crippen LogP contribution < -0.4 is 19.7 Å². The fraction of sp³-hybridized carbons (Fsp3) is 0.684. The Morgan fingerprint density at radius 1 is 1.22 bits per heavy atom. The molecule has 1 aliphatic heterocycles. The quantitative estimate of drug-likeness (QED) is 0.920. The van der Waals surface area contributed by atoms with Gasteiger partial charge in [0, 0.05) is 35.9 Å². The molecule has 4 heteroatoms. The normalized spacial score (nSPS) is 26.5. The lowest BCUT2D eigenvalue weighted by atomic mass is 9.83. The lowest BCUT2D eigenvalue weighted by Gasteiger charge is -2.52. The van der Waals surface area contributed by atoms with Gasteiger partial charge < -0.3 is 19.7 Å². The number of anilines is 1. The summed E-state index contributed by atoms with van der Waals surface area (Å²) in [6, 6.07) is 7.54. The lowest BCUT2D eigenvalue weighted by Crippen LogP contribution is -2.67. The number of ether oxygens (including phenoxy) is 2. The minimum Gasteiger partial charge on any atom is -0.493 e. The fourth-order valence-electron chi connectivity index (χ4n) is 4.14. The fourth-order valence-corrected chi connectivity index (χ4v) is 4.14. The molecule has 3 rings (SSSR count). The van der Waals surface area contributed by atoms with E-state index in [0.29, 0.717) is 18.7 Å². The SMILES string of the molecule is CCOc1ccc(N2CC(C)(C)N[C@H]3CCCC[C@@H]32)cc1OC. The van der Waals surface area contributed by atoms with Crippen molar-refractivity contribution in [1.29, 1.82) is 0 Å². The van der Waals surface area contributed by atoms with Crippen molar-refractivity contribution in [2.75, 3.05) is 25.2 Å². The Kier molecular flexibility index (Phi) is 4.72. The van der Waals surface area contributed by atoms with Gasteiger partial charge in [-0.2, -0.15) is 0 Å². The number of nitrogens with zero attached hydrogens (tertiary/aromatic N) is 1. The van der Waals surface area contributed by atoms with Crippen LogP contribution in [0.2, 0.25) is 0 Å². The molecule has 0 unspecified atom stereocenters. The topological polar surface area (TPSA) is 33.7 Å². The molecule has 1 aliphatic carbocycles. The van der Waals surface area contributed by atoms with Crippen molar-refractivity contribution < 1.29 is 9.47 Å². The van der Waals surface area contributed by atoms with Crippen LogP contribution >= 0.6 is 0 Å². The molecule has 2 fully saturated rings. The van der Waals surface area contributed by atoms with Crippen LogP contribution in [0.1, 0.15) is 46.5 Å². The second-order valence-corrected chi connectivity index (χ2v) is 7.38. The van der Waals surface area contributed by atoms with Crippen molar-refractivity contribution in [3.05, 3.63) is 18.2 Å². The highest BCUT2D eigenvalue weighted by atomic mass is 16.5. The Morgan fingerprint density at radius 3 is 2.74 bits per heavy atom. The number of piperazine rings is 1. The first-order chi connectivity index (χ1) is 11.0. The molecule has 128 valence electrons. The second kappa shape index (κ2) is 6.60. The first-order valence-electron chi connectivity index (χ1n) is 8.89. The minimum absolute atomic E-state index is 0.129. The zero-order valence-electron chi connectivity index (χ0n) is 14.9. The molecule has 0 radical (unpaired) electrons. The van der Waals surface area contributed by atoms with Gasteiger partial charge in [0.2, 0.25) is 0 Å². The van der Waals surface area contributed by atoms with Gasteiger partial charge in [-0.15, -0.1) is 0 Å². The molecule has 1 N–H and O–H groups in total. The number of rotatable bonds is 4. The molecule has 0 amide bonds. The van der Waals surface area contributed by atoms with E-state index >= 15 is 0 Å². The Morgan fingerprint density at radius 2 is 2.00 bits per heavy atom. The predicted octanol–water partition coefficient (Wildman–Crippen LogP) is 3.59. The molecule has 2 atom stereocenters. The van der Waals surface area contributed by atoms with Crippen molar-refractivity contribution in [3.8, 4) is 11.5 Å². The summed E-state index contributed by atoms with van der Waals surface area (Å²) in [4.78, 5) is 2.58. The highest BCUT2D eigenvalue weighted by Crippen LogP contribution is 2.37. The Bertz CT molecular complexity index is 544. The number of methoxy groups -OCH3 is 1. The maximum absolute atomic E-state index is 5.66. The smallest absolute Gasteiger partial charge is 0.162 e. The monoisotopic (exact) mass is 318 g/mol. The van der Waals surface area contributed by atoms with Crippen molar-refractivity contribution in [2.45, 2.75) is 64.1 Å². The molecule has 1 aromatic carbocycles. The largest absolute Gasteiger partial charge is 0.493 e. The van der Waals surface area contributed by atoms with Gasteiger partial charge in [-0.05, 0) is 45.7 Å². The van der Waals surface area contributed by atoms with Gasteiger partial charge in [-0.3, -0.25) is 0 Å². The van der Waals surface area contributed by atoms with Crippen molar-refractivity contribution in [3.63, 3.8) is 0 Å². The second-order valence-electron chi connectivity index (χ2n) is 7.38. The van der Waals surface area contributed by atoms with E-state index in [2.05, 4.69) is 36.2 Å². The van der Waals surface area contributed by atoms with Crippen molar-refractivity contribution in [1.82, 2.24) is 5.32 Å². The molecule has 0 bridgehead atoms. The first kappa shape index (κ1) is 16.4. The maximum atomic E-state index is 5.66. The van der Waals surface area contributed by atoms with Crippen LogP contribution in [0.25, 0.3) is 0 Å². The molecule has 2 aliphatic rings. The highest BCUT2D eigenvalue weighted by Gasteiger charge is 2.40. The lowest BCUT2D eigenvalue weighted by molar-refractivity contribution is 0.199. The van der Waals surface area contributed by atoms with E-state index < -0.39 is 0 Å². The summed E-state index contributed by atoms with van der Waals surface area (Å²) >= 11 is 0. The van der Waals surface area contributed by atoms with Gasteiger partial charge in [0.15, 0.2) is 11.5 Å². The number of nitrogens with one attached hydrogen (secondary N) is 1. The number of fused-ring (bicyclic) bond motifs is 1. The van der Waals surface area contributed by atoms with Crippen LogP contribution in [-0.4, -0.2) is 37.9 Å². The Balaban J connectivity index is 1.91. The first-order valence-corrected chi connectivity index (χ1v) is 8.89. The summed E-state index contributed by atoms with van der Waals surface area (Å²) in [6.07, 6.45) is 5.21. The van der Waals surface area contributed by atoms with Crippen LogP contribution in [0.3, 0.4) is 0 Å². The van der Waals surface area contributed by atoms with Crippen LogP contribution in [0, 0.1) is 0 Å². The minimum atomic E-state index is 0.129. The van der Waals surface area contributed by atoms with E-state index in [1.807, 2.05) is 13.0 Å². The van der Waals surface area contributed by atoms with E-state index in [4.69, 9.17) is 9.47 Å². The van der Waals surface area contributed by atoms with Gasteiger partial charge in [-0.25, -0.2) is 0 Å². The average molecular weight is 318 g/mol. The Labute approximate surface area is 140 Å². The van der Waals surface area contributed by atoms with Crippen LogP contribution in [0.15, 0.2) is 18.2 Å². The summed E-state index contributed by atoms with van der Waals surface area (Å²) in [5.74, 6) is 1.65. The summed E-state index contributed by atoms with van der Waals surface area (Å²) in [5, 5.41) is 3.86. The molecule has 1 saturated heterocycles. The number of hydrogen-bond acceptors (Lipinski definition) is 4. The summed E-state index contributed by atoms with van der Waals surface area (Å²) in [6.45, 7) is 8.28. The van der Waals surface area contributed by atoms with Gasteiger partial charge in [0.1, 0.15) is 0 Å².